The zero-order valence-electron chi connectivity index (χ0n) is 10.1. The molecule has 1 unspecified atom stereocenters. The van der Waals surface area contributed by atoms with E-state index in [0.717, 1.165) is 39.1 Å². The molecule has 0 bridgehead atoms. The Hall–Kier alpha value is -0.610. The molecule has 1 fully saturated rings. The van der Waals surface area contributed by atoms with Crippen LogP contribution in [0.5, 0.6) is 0 Å². The lowest BCUT2D eigenvalue weighted by molar-refractivity contribution is -0.137. The topological polar surface area (TPSA) is 35.6 Å². The van der Waals surface area contributed by atoms with Gasteiger partial charge in [0.1, 0.15) is 0 Å². The van der Waals surface area contributed by atoms with Crippen molar-refractivity contribution >= 4 is 5.91 Å². The zero-order valence-corrected chi connectivity index (χ0v) is 10.1. The number of likely N-dealkylation sites (N-methyl/N-ethyl adjacent to an activating group) is 1. The number of rotatable bonds is 4. The molecule has 4 heteroatoms. The Morgan fingerprint density at radius 2 is 1.93 bits per heavy atom. The van der Waals surface area contributed by atoms with Gasteiger partial charge in [-0.05, 0) is 20.5 Å². The second-order valence-electron chi connectivity index (χ2n) is 4.29. The highest BCUT2D eigenvalue weighted by molar-refractivity contribution is 5.79. The van der Waals surface area contributed by atoms with Gasteiger partial charge in [-0.1, -0.05) is 6.92 Å². The van der Waals surface area contributed by atoms with E-state index in [1.165, 1.54) is 0 Å². The Bertz CT molecular complexity index is 200. The Morgan fingerprint density at radius 1 is 1.33 bits per heavy atom. The highest BCUT2D eigenvalue weighted by Crippen LogP contribution is 2.09. The minimum absolute atomic E-state index is 0.151. The molecule has 1 amide bonds. The average molecular weight is 213 g/mol. The van der Waals surface area contributed by atoms with Crippen molar-refractivity contribution in [3.05, 3.63) is 0 Å². The van der Waals surface area contributed by atoms with E-state index >= 15 is 0 Å². The number of hydrogen-bond donors (Lipinski definition) is 1. The maximum absolute atomic E-state index is 12.1. The van der Waals surface area contributed by atoms with Gasteiger partial charge in [0, 0.05) is 32.7 Å². The fraction of sp³-hybridized carbons (Fsp3) is 0.909. The number of nitrogens with one attached hydrogen (secondary N) is 1. The fourth-order valence-corrected chi connectivity index (χ4v) is 1.94. The maximum Gasteiger partial charge on any atom is 0.227 e. The van der Waals surface area contributed by atoms with Crippen LogP contribution in [0.1, 0.15) is 13.3 Å². The van der Waals surface area contributed by atoms with E-state index in [4.69, 9.17) is 0 Å². The van der Waals surface area contributed by atoms with Gasteiger partial charge < -0.3 is 15.1 Å². The molecule has 1 heterocycles. The van der Waals surface area contributed by atoms with Gasteiger partial charge in [0.05, 0.1) is 5.92 Å². The first-order valence-electron chi connectivity index (χ1n) is 5.81. The lowest BCUT2D eigenvalue weighted by atomic mass is 10.0. The number of piperazine rings is 1. The zero-order chi connectivity index (χ0) is 11.3. The van der Waals surface area contributed by atoms with Gasteiger partial charge in [-0.2, -0.15) is 0 Å². The molecule has 1 N–H and O–H groups in total. The Morgan fingerprint density at radius 3 is 2.40 bits per heavy atom. The second kappa shape index (κ2) is 6.08. The van der Waals surface area contributed by atoms with Crippen molar-refractivity contribution in [1.82, 2.24) is 15.1 Å². The van der Waals surface area contributed by atoms with Crippen molar-refractivity contribution < 1.29 is 4.79 Å². The van der Waals surface area contributed by atoms with Crippen molar-refractivity contribution in [3.63, 3.8) is 0 Å². The van der Waals surface area contributed by atoms with Gasteiger partial charge in [-0.15, -0.1) is 0 Å². The Balaban J connectivity index is 2.44. The third-order valence-corrected chi connectivity index (χ3v) is 3.11. The molecule has 1 atom stereocenters. The number of carbonyl (C=O) groups excluding carboxylic acids is 1. The molecule has 1 saturated heterocycles. The van der Waals surface area contributed by atoms with Crippen LogP contribution in [0.2, 0.25) is 0 Å². The predicted octanol–water partition coefficient (Wildman–Crippen LogP) is 0.00600. The van der Waals surface area contributed by atoms with Crippen molar-refractivity contribution in [2.24, 2.45) is 5.92 Å². The summed E-state index contributed by atoms with van der Waals surface area (Å²) < 4.78 is 0. The molecule has 0 radical (unpaired) electrons. The molecular formula is C11H23N3O. The van der Waals surface area contributed by atoms with Crippen molar-refractivity contribution in [2.45, 2.75) is 13.3 Å². The van der Waals surface area contributed by atoms with Crippen LogP contribution in [0.4, 0.5) is 0 Å². The smallest absolute Gasteiger partial charge is 0.227 e. The van der Waals surface area contributed by atoms with Crippen molar-refractivity contribution in [3.8, 4) is 0 Å². The average Bonchev–Trinajstić information content (AvgIpc) is 2.26. The van der Waals surface area contributed by atoms with Crippen LogP contribution >= 0.6 is 0 Å². The summed E-state index contributed by atoms with van der Waals surface area (Å²) in [5, 5.41) is 3.09. The summed E-state index contributed by atoms with van der Waals surface area (Å²) in [7, 11) is 4.01. The molecule has 0 aromatic heterocycles. The predicted molar refractivity (Wildman–Crippen MR) is 61.8 cm³/mol. The summed E-state index contributed by atoms with van der Waals surface area (Å²) in [4.78, 5) is 16.4. The molecule has 0 spiro atoms. The largest absolute Gasteiger partial charge is 0.340 e. The molecule has 0 aromatic carbocycles. The van der Waals surface area contributed by atoms with Gasteiger partial charge in [0.25, 0.3) is 0 Å². The van der Waals surface area contributed by atoms with Crippen LogP contribution < -0.4 is 5.32 Å². The lowest BCUT2D eigenvalue weighted by Gasteiger charge is -2.34. The molecule has 1 aliphatic rings. The van der Waals surface area contributed by atoms with E-state index in [-0.39, 0.29) is 5.92 Å². The third-order valence-electron chi connectivity index (χ3n) is 3.11. The summed E-state index contributed by atoms with van der Waals surface area (Å²) in [6.45, 7) is 6.65. The molecule has 0 aliphatic carbocycles. The number of nitrogens with zero attached hydrogens (tertiary/aromatic N) is 2. The van der Waals surface area contributed by atoms with Gasteiger partial charge in [0.15, 0.2) is 0 Å². The fourth-order valence-electron chi connectivity index (χ4n) is 1.94. The van der Waals surface area contributed by atoms with Gasteiger partial charge in [0.2, 0.25) is 5.91 Å². The van der Waals surface area contributed by atoms with Crippen molar-refractivity contribution in [1.29, 1.82) is 0 Å². The first kappa shape index (κ1) is 12.5. The SMILES string of the molecule is CCC(CNC)C(=O)N1CCN(C)CC1. The summed E-state index contributed by atoms with van der Waals surface area (Å²) in [5.74, 6) is 0.471. The highest BCUT2D eigenvalue weighted by atomic mass is 16.2. The molecule has 0 saturated carbocycles. The van der Waals surface area contributed by atoms with E-state index < -0.39 is 0 Å². The number of amides is 1. The van der Waals surface area contributed by atoms with Crippen molar-refractivity contribution in [2.75, 3.05) is 46.8 Å². The van der Waals surface area contributed by atoms with E-state index in [0.29, 0.717) is 5.91 Å². The first-order chi connectivity index (χ1) is 7.19. The van der Waals surface area contributed by atoms with E-state index in [1.807, 2.05) is 11.9 Å². The van der Waals surface area contributed by atoms with Crippen LogP contribution in [0.15, 0.2) is 0 Å². The molecule has 1 aliphatic heterocycles. The number of hydrogen-bond acceptors (Lipinski definition) is 3. The molecule has 88 valence electrons. The highest BCUT2D eigenvalue weighted by Gasteiger charge is 2.24. The Labute approximate surface area is 92.6 Å². The standard InChI is InChI=1S/C11H23N3O/c1-4-10(9-12-2)11(15)14-7-5-13(3)6-8-14/h10,12H,4-9H2,1-3H3. The first-order valence-corrected chi connectivity index (χ1v) is 5.81. The lowest BCUT2D eigenvalue weighted by Crippen LogP contribution is -2.50. The Kier molecular flexibility index (Phi) is 5.05. The third kappa shape index (κ3) is 3.47. The minimum atomic E-state index is 0.151. The second-order valence-corrected chi connectivity index (χ2v) is 4.29. The summed E-state index contributed by atoms with van der Waals surface area (Å²) in [6, 6.07) is 0. The molecular weight excluding hydrogens is 190 g/mol. The van der Waals surface area contributed by atoms with Gasteiger partial charge in [-0.3, -0.25) is 4.79 Å². The van der Waals surface area contributed by atoms with Crippen LogP contribution in [0.3, 0.4) is 0 Å². The van der Waals surface area contributed by atoms with E-state index in [2.05, 4.69) is 24.2 Å². The minimum Gasteiger partial charge on any atom is -0.340 e. The summed E-state index contributed by atoms with van der Waals surface area (Å²) >= 11 is 0. The van der Waals surface area contributed by atoms with Crippen LogP contribution in [0.25, 0.3) is 0 Å². The van der Waals surface area contributed by atoms with Crippen LogP contribution in [0, 0.1) is 5.92 Å². The normalized spacial score (nSPS) is 20.3. The quantitative estimate of drug-likeness (QED) is 0.714. The number of carbonyl (C=O) groups is 1. The summed E-state index contributed by atoms with van der Waals surface area (Å²) in [6.07, 6.45) is 0.923. The van der Waals surface area contributed by atoms with Gasteiger partial charge >= 0.3 is 0 Å². The molecule has 1 rings (SSSR count). The maximum atomic E-state index is 12.1. The summed E-state index contributed by atoms with van der Waals surface area (Å²) in [5.41, 5.74) is 0. The van der Waals surface area contributed by atoms with Gasteiger partial charge in [-0.25, -0.2) is 0 Å². The van der Waals surface area contributed by atoms with E-state index in [1.54, 1.807) is 0 Å². The van der Waals surface area contributed by atoms with Crippen LogP contribution in [-0.4, -0.2) is 62.5 Å². The molecule has 15 heavy (non-hydrogen) atoms. The monoisotopic (exact) mass is 213 g/mol. The molecule has 0 aromatic rings. The van der Waals surface area contributed by atoms with E-state index in [9.17, 15) is 4.79 Å². The molecule has 4 nitrogen and oxygen atoms in total. The van der Waals surface area contributed by atoms with Crippen LogP contribution in [-0.2, 0) is 4.79 Å².